The SMILES string of the molecule is CC(C)CSCc1nnc(C2CC2)n1C. The first-order valence-electron chi connectivity index (χ1n) is 5.64. The molecule has 0 radical (unpaired) electrons. The Hall–Kier alpha value is -0.510. The van der Waals surface area contributed by atoms with Gasteiger partial charge in [0.15, 0.2) is 0 Å². The van der Waals surface area contributed by atoms with E-state index in [0.29, 0.717) is 5.92 Å². The van der Waals surface area contributed by atoms with Crippen LogP contribution in [-0.4, -0.2) is 20.5 Å². The third kappa shape index (κ3) is 2.74. The highest BCUT2D eigenvalue weighted by Crippen LogP contribution is 2.38. The Bertz CT molecular complexity index is 329. The molecule has 0 spiro atoms. The van der Waals surface area contributed by atoms with Crippen molar-refractivity contribution in [2.24, 2.45) is 13.0 Å². The largest absolute Gasteiger partial charge is 0.317 e. The number of hydrogen-bond donors (Lipinski definition) is 0. The molecule has 1 fully saturated rings. The van der Waals surface area contributed by atoms with E-state index >= 15 is 0 Å². The van der Waals surface area contributed by atoms with Crippen LogP contribution in [0, 0.1) is 5.92 Å². The van der Waals surface area contributed by atoms with Gasteiger partial charge in [0, 0.05) is 13.0 Å². The summed E-state index contributed by atoms with van der Waals surface area (Å²) < 4.78 is 2.19. The van der Waals surface area contributed by atoms with E-state index in [4.69, 9.17) is 0 Å². The molecule has 0 bridgehead atoms. The van der Waals surface area contributed by atoms with Crippen LogP contribution in [0.25, 0.3) is 0 Å². The molecule has 1 aromatic heterocycles. The molecule has 0 atom stereocenters. The van der Waals surface area contributed by atoms with Gasteiger partial charge in [0.05, 0.1) is 5.75 Å². The van der Waals surface area contributed by atoms with E-state index in [-0.39, 0.29) is 0 Å². The van der Waals surface area contributed by atoms with Crippen LogP contribution in [-0.2, 0) is 12.8 Å². The summed E-state index contributed by atoms with van der Waals surface area (Å²) in [5.41, 5.74) is 0. The Morgan fingerprint density at radius 3 is 2.73 bits per heavy atom. The van der Waals surface area contributed by atoms with Gasteiger partial charge < -0.3 is 4.57 Å². The maximum Gasteiger partial charge on any atom is 0.142 e. The molecule has 2 rings (SSSR count). The summed E-state index contributed by atoms with van der Waals surface area (Å²) in [4.78, 5) is 0. The fourth-order valence-corrected chi connectivity index (χ4v) is 2.61. The lowest BCUT2D eigenvalue weighted by Crippen LogP contribution is -2.01. The highest BCUT2D eigenvalue weighted by Gasteiger charge is 2.29. The summed E-state index contributed by atoms with van der Waals surface area (Å²) >= 11 is 1.95. The summed E-state index contributed by atoms with van der Waals surface area (Å²) in [6.07, 6.45) is 2.59. The zero-order valence-corrected chi connectivity index (χ0v) is 10.5. The summed E-state index contributed by atoms with van der Waals surface area (Å²) in [6, 6.07) is 0. The molecule has 1 aliphatic carbocycles. The third-order valence-electron chi connectivity index (χ3n) is 2.62. The van der Waals surface area contributed by atoms with E-state index in [1.54, 1.807) is 0 Å². The second-order valence-corrected chi connectivity index (χ2v) is 5.75. The van der Waals surface area contributed by atoms with Crippen LogP contribution in [0.1, 0.15) is 44.3 Å². The molecule has 0 N–H and O–H groups in total. The summed E-state index contributed by atoms with van der Waals surface area (Å²) in [6.45, 7) is 4.50. The van der Waals surface area contributed by atoms with Crippen molar-refractivity contribution in [2.45, 2.75) is 38.4 Å². The molecule has 0 saturated heterocycles. The first-order chi connectivity index (χ1) is 7.18. The molecular weight excluding hydrogens is 206 g/mol. The van der Waals surface area contributed by atoms with E-state index in [0.717, 1.165) is 17.5 Å². The minimum absolute atomic E-state index is 0.700. The molecule has 1 heterocycles. The molecule has 1 aromatic rings. The summed E-state index contributed by atoms with van der Waals surface area (Å²) in [7, 11) is 2.10. The minimum atomic E-state index is 0.700. The van der Waals surface area contributed by atoms with Crippen molar-refractivity contribution >= 4 is 11.8 Å². The van der Waals surface area contributed by atoms with Crippen LogP contribution in [0.2, 0.25) is 0 Å². The lowest BCUT2D eigenvalue weighted by atomic mass is 10.3. The summed E-state index contributed by atoms with van der Waals surface area (Å²) in [5, 5.41) is 8.54. The van der Waals surface area contributed by atoms with Gasteiger partial charge in [-0.25, -0.2) is 0 Å². The Balaban J connectivity index is 1.90. The van der Waals surface area contributed by atoms with Crippen molar-refractivity contribution < 1.29 is 0 Å². The molecule has 0 amide bonds. The maximum atomic E-state index is 4.28. The molecule has 0 aromatic carbocycles. The Morgan fingerprint density at radius 1 is 1.40 bits per heavy atom. The molecule has 1 saturated carbocycles. The van der Waals surface area contributed by atoms with Crippen molar-refractivity contribution in [1.29, 1.82) is 0 Å². The van der Waals surface area contributed by atoms with Crippen molar-refractivity contribution in [2.75, 3.05) is 5.75 Å². The number of hydrogen-bond acceptors (Lipinski definition) is 3. The van der Waals surface area contributed by atoms with Crippen LogP contribution in [0.3, 0.4) is 0 Å². The van der Waals surface area contributed by atoms with Gasteiger partial charge in [-0.1, -0.05) is 13.8 Å². The molecule has 0 unspecified atom stereocenters. The summed E-state index contributed by atoms with van der Waals surface area (Å²) in [5.74, 6) is 5.97. The van der Waals surface area contributed by atoms with Gasteiger partial charge in [-0.15, -0.1) is 10.2 Å². The van der Waals surface area contributed by atoms with Gasteiger partial charge in [-0.05, 0) is 24.5 Å². The van der Waals surface area contributed by atoms with Gasteiger partial charge in [0.1, 0.15) is 11.6 Å². The zero-order chi connectivity index (χ0) is 10.8. The number of nitrogens with zero attached hydrogens (tertiary/aromatic N) is 3. The highest BCUT2D eigenvalue weighted by atomic mass is 32.2. The molecule has 0 aliphatic heterocycles. The Labute approximate surface area is 95.7 Å². The second-order valence-electron chi connectivity index (χ2n) is 4.72. The van der Waals surface area contributed by atoms with Crippen LogP contribution in [0.4, 0.5) is 0 Å². The van der Waals surface area contributed by atoms with E-state index < -0.39 is 0 Å². The second kappa shape index (κ2) is 4.56. The van der Waals surface area contributed by atoms with Crippen LogP contribution in [0.5, 0.6) is 0 Å². The van der Waals surface area contributed by atoms with Gasteiger partial charge in [-0.2, -0.15) is 11.8 Å². The molecule has 15 heavy (non-hydrogen) atoms. The van der Waals surface area contributed by atoms with Crippen molar-refractivity contribution in [3.63, 3.8) is 0 Å². The first kappa shape index (κ1) is 11.0. The first-order valence-corrected chi connectivity index (χ1v) is 6.80. The van der Waals surface area contributed by atoms with Gasteiger partial charge in [0.2, 0.25) is 0 Å². The van der Waals surface area contributed by atoms with Crippen molar-refractivity contribution in [3.05, 3.63) is 11.6 Å². The van der Waals surface area contributed by atoms with E-state index in [1.165, 1.54) is 24.4 Å². The van der Waals surface area contributed by atoms with Crippen LogP contribution < -0.4 is 0 Å². The van der Waals surface area contributed by atoms with E-state index in [1.807, 2.05) is 11.8 Å². The Kier molecular flexibility index (Phi) is 3.34. The van der Waals surface area contributed by atoms with Crippen LogP contribution >= 0.6 is 11.8 Å². The molecule has 84 valence electrons. The third-order valence-corrected chi connectivity index (χ3v) is 3.99. The fourth-order valence-electron chi connectivity index (χ4n) is 1.58. The molecular formula is C11H19N3S. The molecule has 3 nitrogen and oxygen atoms in total. The van der Waals surface area contributed by atoms with E-state index in [2.05, 4.69) is 35.7 Å². The monoisotopic (exact) mass is 225 g/mol. The fraction of sp³-hybridized carbons (Fsp3) is 0.818. The lowest BCUT2D eigenvalue weighted by molar-refractivity contribution is 0.747. The predicted octanol–water partition coefficient (Wildman–Crippen LogP) is 2.58. The lowest BCUT2D eigenvalue weighted by Gasteiger charge is -2.04. The average molecular weight is 225 g/mol. The number of aromatic nitrogens is 3. The van der Waals surface area contributed by atoms with Crippen LogP contribution in [0.15, 0.2) is 0 Å². The van der Waals surface area contributed by atoms with Gasteiger partial charge >= 0.3 is 0 Å². The molecule has 4 heteroatoms. The zero-order valence-electron chi connectivity index (χ0n) is 9.73. The maximum absolute atomic E-state index is 4.28. The molecule has 1 aliphatic rings. The topological polar surface area (TPSA) is 30.7 Å². The number of thioether (sulfide) groups is 1. The minimum Gasteiger partial charge on any atom is -0.317 e. The quantitative estimate of drug-likeness (QED) is 0.771. The normalized spacial score (nSPS) is 16.3. The van der Waals surface area contributed by atoms with Crippen molar-refractivity contribution in [3.8, 4) is 0 Å². The van der Waals surface area contributed by atoms with Crippen molar-refractivity contribution in [1.82, 2.24) is 14.8 Å². The predicted molar refractivity (Wildman–Crippen MR) is 64.0 cm³/mol. The Morgan fingerprint density at radius 2 is 2.13 bits per heavy atom. The van der Waals surface area contributed by atoms with Gasteiger partial charge in [0.25, 0.3) is 0 Å². The number of rotatable bonds is 5. The smallest absolute Gasteiger partial charge is 0.142 e. The van der Waals surface area contributed by atoms with Gasteiger partial charge in [-0.3, -0.25) is 0 Å². The highest BCUT2D eigenvalue weighted by molar-refractivity contribution is 7.98. The average Bonchev–Trinajstić information content (AvgIpc) is 2.94. The standard InChI is InChI=1S/C11H19N3S/c1-8(2)6-15-7-10-12-13-11(14(10)3)9-4-5-9/h8-9H,4-7H2,1-3H3. The van der Waals surface area contributed by atoms with E-state index in [9.17, 15) is 0 Å².